The van der Waals surface area contributed by atoms with Crippen molar-refractivity contribution in [2.45, 2.75) is 45.3 Å². The van der Waals surface area contributed by atoms with Crippen molar-refractivity contribution in [2.75, 3.05) is 13.2 Å². The third kappa shape index (κ3) is 3.72. The molecule has 1 unspecified atom stereocenters. The lowest BCUT2D eigenvalue weighted by Crippen LogP contribution is -2.44. The molecule has 1 saturated carbocycles. The van der Waals surface area contributed by atoms with Gasteiger partial charge in [-0.15, -0.1) is 0 Å². The molecular weight excluding hydrogens is 292 g/mol. The molecule has 3 rings (SSSR count). The number of ether oxygens (including phenoxy) is 1. The van der Waals surface area contributed by atoms with Crippen molar-refractivity contribution >= 4 is 11.8 Å². The van der Waals surface area contributed by atoms with Gasteiger partial charge in [0.05, 0.1) is 6.10 Å². The molecule has 5 nitrogen and oxygen atoms in total. The molecule has 23 heavy (non-hydrogen) atoms. The van der Waals surface area contributed by atoms with E-state index in [9.17, 15) is 9.59 Å². The summed E-state index contributed by atoms with van der Waals surface area (Å²) in [6.07, 6.45) is 3.38. The fourth-order valence-corrected chi connectivity index (χ4v) is 3.04. The number of aryl methyl sites for hydroxylation is 1. The van der Waals surface area contributed by atoms with Gasteiger partial charge in [0.25, 0.3) is 0 Å². The fourth-order valence-electron chi connectivity index (χ4n) is 3.04. The number of hydrogen-bond donors (Lipinski definition) is 2. The van der Waals surface area contributed by atoms with Crippen molar-refractivity contribution in [3.8, 4) is 0 Å². The lowest BCUT2D eigenvalue weighted by atomic mass is 10.0. The van der Waals surface area contributed by atoms with Crippen LogP contribution >= 0.6 is 0 Å². The first-order chi connectivity index (χ1) is 11.1. The molecule has 1 aliphatic heterocycles. The maximum Gasteiger partial charge on any atom is 0.235 e. The van der Waals surface area contributed by atoms with E-state index in [0.717, 1.165) is 30.6 Å². The van der Waals surface area contributed by atoms with E-state index in [0.29, 0.717) is 25.9 Å². The monoisotopic (exact) mass is 316 g/mol. The van der Waals surface area contributed by atoms with E-state index in [1.165, 1.54) is 0 Å². The highest BCUT2D eigenvalue weighted by Crippen LogP contribution is 2.46. The number of hydrogen-bond acceptors (Lipinski definition) is 3. The zero-order valence-corrected chi connectivity index (χ0v) is 13.6. The minimum atomic E-state index is -0.859. The lowest BCUT2D eigenvalue weighted by molar-refractivity contribution is -0.137. The maximum atomic E-state index is 12.4. The smallest absolute Gasteiger partial charge is 0.235 e. The van der Waals surface area contributed by atoms with Crippen molar-refractivity contribution in [2.24, 2.45) is 5.41 Å². The van der Waals surface area contributed by atoms with Crippen LogP contribution in [-0.2, 0) is 20.9 Å². The molecule has 0 spiro atoms. The Kier molecular flexibility index (Phi) is 4.66. The summed E-state index contributed by atoms with van der Waals surface area (Å²) >= 11 is 0. The Balaban J connectivity index is 1.50. The van der Waals surface area contributed by atoms with Crippen molar-refractivity contribution in [3.63, 3.8) is 0 Å². The number of benzene rings is 1. The molecule has 2 amide bonds. The van der Waals surface area contributed by atoms with Crippen molar-refractivity contribution in [1.82, 2.24) is 10.6 Å². The van der Waals surface area contributed by atoms with E-state index in [1.54, 1.807) is 0 Å². The Morgan fingerprint density at radius 2 is 2.04 bits per heavy atom. The minimum Gasteiger partial charge on any atom is -0.376 e. The highest BCUT2D eigenvalue weighted by Gasteiger charge is 2.56. The molecule has 2 fully saturated rings. The van der Waals surface area contributed by atoms with E-state index >= 15 is 0 Å². The molecule has 1 aromatic carbocycles. The van der Waals surface area contributed by atoms with E-state index in [2.05, 4.69) is 10.6 Å². The second kappa shape index (κ2) is 6.71. The SMILES string of the molecule is Cc1cccc(CNC(=O)C2(C(=O)NCC3CCCO3)CC2)c1. The molecule has 1 saturated heterocycles. The van der Waals surface area contributed by atoms with E-state index < -0.39 is 5.41 Å². The third-order valence-corrected chi connectivity index (χ3v) is 4.67. The maximum absolute atomic E-state index is 12.4. The molecule has 0 aromatic heterocycles. The summed E-state index contributed by atoms with van der Waals surface area (Å²) in [6.45, 7) is 3.75. The zero-order valence-electron chi connectivity index (χ0n) is 13.6. The molecule has 2 N–H and O–H groups in total. The van der Waals surface area contributed by atoms with Crippen LogP contribution in [0.2, 0.25) is 0 Å². The average molecular weight is 316 g/mol. The normalized spacial score (nSPS) is 21.7. The van der Waals surface area contributed by atoms with Crippen LogP contribution in [0.5, 0.6) is 0 Å². The van der Waals surface area contributed by atoms with Gasteiger partial charge >= 0.3 is 0 Å². The van der Waals surface area contributed by atoms with Crippen LogP contribution in [0.15, 0.2) is 24.3 Å². The molecule has 1 heterocycles. The molecule has 1 atom stereocenters. The zero-order chi connectivity index (χ0) is 16.3. The van der Waals surface area contributed by atoms with Crippen LogP contribution in [0.4, 0.5) is 0 Å². The Morgan fingerprint density at radius 1 is 1.26 bits per heavy atom. The van der Waals surface area contributed by atoms with Gasteiger partial charge in [-0.2, -0.15) is 0 Å². The molecule has 1 aromatic rings. The van der Waals surface area contributed by atoms with Crippen LogP contribution in [0.25, 0.3) is 0 Å². The Morgan fingerprint density at radius 3 is 2.70 bits per heavy atom. The van der Waals surface area contributed by atoms with Crippen LogP contribution in [0, 0.1) is 12.3 Å². The predicted octanol–water partition coefficient (Wildman–Crippen LogP) is 1.69. The molecule has 124 valence electrons. The van der Waals surface area contributed by atoms with Crippen molar-refractivity contribution in [3.05, 3.63) is 35.4 Å². The average Bonchev–Trinajstić information content (AvgIpc) is 3.20. The minimum absolute atomic E-state index is 0.102. The number of amides is 2. The number of rotatable bonds is 6. The van der Waals surface area contributed by atoms with Gasteiger partial charge in [-0.1, -0.05) is 29.8 Å². The second-order valence-electron chi connectivity index (χ2n) is 6.60. The summed E-state index contributed by atoms with van der Waals surface area (Å²) in [5.74, 6) is -0.321. The summed E-state index contributed by atoms with van der Waals surface area (Å²) in [6, 6.07) is 8.01. The number of carbonyl (C=O) groups excluding carboxylic acids is 2. The predicted molar refractivity (Wildman–Crippen MR) is 86.7 cm³/mol. The number of carbonyl (C=O) groups is 2. The van der Waals surface area contributed by atoms with Gasteiger partial charge in [-0.25, -0.2) is 0 Å². The van der Waals surface area contributed by atoms with Gasteiger partial charge < -0.3 is 15.4 Å². The largest absolute Gasteiger partial charge is 0.376 e. The van der Waals surface area contributed by atoms with E-state index in [1.807, 2.05) is 31.2 Å². The second-order valence-corrected chi connectivity index (χ2v) is 6.60. The fraction of sp³-hybridized carbons (Fsp3) is 0.556. The Hall–Kier alpha value is -1.88. The van der Waals surface area contributed by atoms with Crippen LogP contribution < -0.4 is 10.6 Å². The van der Waals surface area contributed by atoms with Gasteiger partial charge in [-0.3, -0.25) is 9.59 Å². The summed E-state index contributed by atoms with van der Waals surface area (Å²) in [7, 11) is 0. The summed E-state index contributed by atoms with van der Waals surface area (Å²) in [5.41, 5.74) is 1.35. The lowest BCUT2D eigenvalue weighted by Gasteiger charge is -2.17. The highest BCUT2D eigenvalue weighted by atomic mass is 16.5. The molecule has 2 aliphatic rings. The first-order valence-electron chi connectivity index (χ1n) is 8.34. The summed E-state index contributed by atoms with van der Waals surface area (Å²) in [4.78, 5) is 24.8. The molecule has 5 heteroatoms. The molecule has 0 radical (unpaired) electrons. The first kappa shape index (κ1) is 16.0. The molecular formula is C18H24N2O3. The summed E-state index contributed by atoms with van der Waals surface area (Å²) < 4.78 is 5.50. The first-order valence-corrected chi connectivity index (χ1v) is 8.34. The van der Waals surface area contributed by atoms with Crippen LogP contribution in [-0.4, -0.2) is 31.1 Å². The standard InChI is InChI=1S/C18H24N2O3/c1-13-4-2-5-14(10-13)11-19-16(21)18(7-8-18)17(22)20-12-15-6-3-9-23-15/h2,4-5,10,15H,3,6-9,11-12H2,1H3,(H,19,21)(H,20,22). The van der Waals surface area contributed by atoms with Crippen molar-refractivity contribution < 1.29 is 14.3 Å². The number of nitrogens with one attached hydrogen (secondary N) is 2. The van der Waals surface area contributed by atoms with E-state index in [4.69, 9.17) is 4.74 Å². The quantitative estimate of drug-likeness (QED) is 0.785. The van der Waals surface area contributed by atoms with Crippen molar-refractivity contribution in [1.29, 1.82) is 0 Å². The van der Waals surface area contributed by atoms with Gasteiger partial charge in [0.2, 0.25) is 11.8 Å². The summed E-state index contributed by atoms with van der Waals surface area (Å²) in [5, 5.41) is 5.80. The van der Waals surface area contributed by atoms with E-state index in [-0.39, 0.29) is 17.9 Å². The Labute approximate surface area is 136 Å². The Bertz CT molecular complexity index is 590. The topological polar surface area (TPSA) is 67.4 Å². The van der Waals surface area contributed by atoms with Crippen LogP contribution in [0.1, 0.15) is 36.8 Å². The van der Waals surface area contributed by atoms with Gasteiger partial charge in [-0.05, 0) is 38.2 Å². The highest BCUT2D eigenvalue weighted by molar-refractivity contribution is 6.07. The van der Waals surface area contributed by atoms with Gasteiger partial charge in [0.15, 0.2) is 0 Å². The van der Waals surface area contributed by atoms with Crippen LogP contribution in [0.3, 0.4) is 0 Å². The molecule has 1 aliphatic carbocycles. The molecule has 0 bridgehead atoms. The van der Waals surface area contributed by atoms with Gasteiger partial charge in [0.1, 0.15) is 5.41 Å². The van der Waals surface area contributed by atoms with Gasteiger partial charge in [0, 0.05) is 19.7 Å². The third-order valence-electron chi connectivity index (χ3n) is 4.67.